The lowest BCUT2D eigenvalue weighted by Crippen LogP contribution is -2.79. The van der Waals surface area contributed by atoms with Crippen LogP contribution in [0.3, 0.4) is 0 Å². The molecule has 0 unspecified atom stereocenters. The van der Waals surface area contributed by atoms with E-state index in [9.17, 15) is 19.8 Å². The van der Waals surface area contributed by atoms with E-state index in [0.29, 0.717) is 5.69 Å². The minimum atomic E-state index is -1.38. The topological polar surface area (TPSA) is 81.1 Å². The molecule has 0 aromatic heterocycles. The van der Waals surface area contributed by atoms with Crippen LogP contribution in [0.4, 0.5) is 5.69 Å². The summed E-state index contributed by atoms with van der Waals surface area (Å²) in [6.07, 6.45) is 0. The lowest BCUT2D eigenvalue weighted by atomic mass is 10.0. The summed E-state index contributed by atoms with van der Waals surface area (Å²) in [4.78, 5) is 25.4. The van der Waals surface area contributed by atoms with Crippen molar-refractivity contribution in [2.75, 3.05) is 25.2 Å². The normalized spacial score (nSPS) is 32.0. The number of aliphatic hydroxyl groups is 2. The smallest absolute Gasteiger partial charge is 0.268 e. The van der Waals surface area contributed by atoms with Crippen LogP contribution in [0, 0.1) is 0 Å². The van der Waals surface area contributed by atoms with Crippen molar-refractivity contribution in [1.29, 1.82) is 0 Å². The summed E-state index contributed by atoms with van der Waals surface area (Å²) in [5, 5.41) is 19.5. The summed E-state index contributed by atoms with van der Waals surface area (Å²) in [6, 6.07) is 8.74. The molecule has 6 nitrogen and oxygen atoms in total. The molecule has 0 saturated carbocycles. The van der Waals surface area contributed by atoms with Gasteiger partial charge in [-0.2, -0.15) is 0 Å². The number of nitrogens with zero attached hydrogens (tertiary/aromatic N) is 2. The molecule has 3 aliphatic rings. The number of para-hydroxylation sites is 1. The van der Waals surface area contributed by atoms with Crippen molar-refractivity contribution in [1.82, 2.24) is 4.90 Å². The number of carbonyl (C=O) groups is 2. The van der Waals surface area contributed by atoms with Gasteiger partial charge in [-0.1, -0.05) is 18.2 Å². The summed E-state index contributed by atoms with van der Waals surface area (Å²) in [5.74, 6) is -0.776. The highest BCUT2D eigenvalue weighted by Crippen LogP contribution is 2.59. The van der Waals surface area contributed by atoms with Crippen LogP contribution in [-0.4, -0.2) is 56.9 Å². The van der Waals surface area contributed by atoms with Crippen molar-refractivity contribution in [3.8, 4) is 0 Å². The maximum absolute atomic E-state index is 12.9. The van der Waals surface area contributed by atoms with Crippen molar-refractivity contribution >= 4 is 39.1 Å². The highest BCUT2D eigenvalue weighted by atomic mass is 33.1. The highest BCUT2D eigenvalue weighted by Gasteiger charge is 2.68. The molecule has 4 rings (SSSR count). The molecule has 1 aromatic carbocycles. The average Bonchev–Trinajstić information content (AvgIpc) is 2.53. The number of aliphatic hydroxyl groups excluding tert-OH is 2. The van der Waals surface area contributed by atoms with E-state index in [1.165, 1.54) is 16.8 Å². The van der Waals surface area contributed by atoms with Gasteiger partial charge in [0.1, 0.15) is 0 Å². The second-order valence-corrected chi connectivity index (χ2v) is 7.58. The predicted octanol–water partition coefficient (Wildman–Crippen LogP) is 0.264. The third kappa shape index (κ3) is 1.70. The SMILES string of the molecule is CN1C(=O)[C@@]2(CO)SS[C@]1(CO)C(=O)N2c1ccccc1. The van der Waals surface area contributed by atoms with Gasteiger partial charge >= 0.3 is 0 Å². The third-order valence-electron chi connectivity index (χ3n) is 3.84. The molecule has 3 aliphatic heterocycles. The fraction of sp³-hybridized carbons (Fsp3) is 0.385. The van der Waals surface area contributed by atoms with Gasteiger partial charge in [0.15, 0.2) is 0 Å². The van der Waals surface area contributed by atoms with Gasteiger partial charge in [-0.15, -0.1) is 0 Å². The van der Waals surface area contributed by atoms with Crippen LogP contribution >= 0.6 is 21.6 Å². The zero-order chi connectivity index (χ0) is 15.3. The Balaban J connectivity index is 2.19. The fourth-order valence-corrected chi connectivity index (χ4v) is 5.91. The van der Waals surface area contributed by atoms with Crippen LogP contribution in [0.15, 0.2) is 30.3 Å². The molecule has 3 heterocycles. The minimum absolute atomic E-state index is 0.383. The summed E-state index contributed by atoms with van der Waals surface area (Å²) >= 11 is 0. The summed E-state index contributed by atoms with van der Waals surface area (Å²) < 4.78 is 0. The third-order valence-corrected chi connectivity index (χ3v) is 7.44. The molecule has 0 radical (unpaired) electrons. The first-order chi connectivity index (χ1) is 10.0. The Morgan fingerprint density at radius 2 is 1.57 bits per heavy atom. The summed E-state index contributed by atoms with van der Waals surface area (Å²) in [5.41, 5.74) is 0.531. The molecule has 3 fully saturated rings. The lowest BCUT2D eigenvalue weighted by Gasteiger charge is -2.58. The first-order valence-corrected chi connectivity index (χ1v) is 8.45. The zero-order valence-electron chi connectivity index (χ0n) is 11.2. The summed E-state index contributed by atoms with van der Waals surface area (Å²) in [6.45, 7) is -0.966. The molecular weight excluding hydrogens is 312 g/mol. The molecule has 0 aliphatic carbocycles. The Kier molecular flexibility index (Phi) is 3.44. The van der Waals surface area contributed by atoms with Gasteiger partial charge in [0, 0.05) is 12.7 Å². The number of hydrogen-bond acceptors (Lipinski definition) is 6. The van der Waals surface area contributed by atoms with Crippen LogP contribution in [0.2, 0.25) is 0 Å². The quantitative estimate of drug-likeness (QED) is 0.776. The van der Waals surface area contributed by atoms with Gasteiger partial charge in [-0.05, 0) is 33.7 Å². The number of likely N-dealkylation sites (N-methyl/N-ethyl adjacent to an activating group) is 1. The number of fused-ring (bicyclic) bond motifs is 3. The molecule has 8 heteroatoms. The second kappa shape index (κ2) is 4.91. The van der Waals surface area contributed by atoms with Crippen molar-refractivity contribution in [2.24, 2.45) is 0 Å². The largest absolute Gasteiger partial charge is 0.392 e. The molecule has 1 aromatic rings. The zero-order valence-corrected chi connectivity index (χ0v) is 12.9. The van der Waals surface area contributed by atoms with Crippen molar-refractivity contribution in [3.63, 3.8) is 0 Å². The van der Waals surface area contributed by atoms with Crippen molar-refractivity contribution < 1.29 is 19.8 Å². The van der Waals surface area contributed by atoms with Gasteiger partial charge in [0.25, 0.3) is 11.8 Å². The van der Waals surface area contributed by atoms with Crippen LogP contribution in [0.1, 0.15) is 0 Å². The van der Waals surface area contributed by atoms with E-state index in [-0.39, 0.29) is 5.91 Å². The Morgan fingerprint density at radius 1 is 1.00 bits per heavy atom. The van der Waals surface area contributed by atoms with E-state index in [0.717, 1.165) is 21.6 Å². The van der Waals surface area contributed by atoms with Gasteiger partial charge in [0.05, 0.1) is 13.2 Å². The van der Waals surface area contributed by atoms with Crippen molar-refractivity contribution in [2.45, 2.75) is 9.74 Å². The van der Waals surface area contributed by atoms with Crippen LogP contribution in [0.5, 0.6) is 0 Å². The van der Waals surface area contributed by atoms with Gasteiger partial charge in [-0.3, -0.25) is 14.5 Å². The van der Waals surface area contributed by atoms with E-state index >= 15 is 0 Å². The first kappa shape index (κ1) is 14.7. The van der Waals surface area contributed by atoms with Gasteiger partial charge in [-0.25, -0.2) is 0 Å². The molecule has 2 N–H and O–H groups in total. The first-order valence-electron chi connectivity index (χ1n) is 6.30. The number of carbonyl (C=O) groups excluding carboxylic acids is 2. The maximum Gasteiger partial charge on any atom is 0.268 e. The van der Waals surface area contributed by atoms with Crippen LogP contribution in [0.25, 0.3) is 0 Å². The summed E-state index contributed by atoms with van der Waals surface area (Å²) in [7, 11) is 3.73. The van der Waals surface area contributed by atoms with E-state index in [4.69, 9.17) is 0 Å². The maximum atomic E-state index is 12.9. The number of amides is 2. The average molecular weight is 326 g/mol. The molecule has 3 saturated heterocycles. The van der Waals surface area contributed by atoms with E-state index in [1.54, 1.807) is 30.3 Å². The molecule has 2 bridgehead atoms. The fourth-order valence-electron chi connectivity index (χ4n) is 2.57. The molecule has 0 spiro atoms. The minimum Gasteiger partial charge on any atom is -0.392 e. The van der Waals surface area contributed by atoms with Gasteiger partial charge < -0.3 is 15.1 Å². The molecule has 21 heavy (non-hydrogen) atoms. The molecule has 112 valence electrons. The highest BCUT2D eigenvalue weighted by molar-refractivity contribution is 8.78. The number of hydrogen-bond donors (Lipinski definition) is 2. The lowest BCUT2D eigenvalue weighted by molar-refractivity contribution is -0.151. The standard InChI is InChI=1S/C13H14N2O4S2/c1-14-10(18)13(8-17)15(9-5-3-2-4-6-9)11(19)12(14,7-16)20-21-13/h2-6,16-17H,7-8H2,1H3/t12-,13-/m1/s1. The van der Waals surface area contributed by atoms with Gasteiger partial charge in [0.2, 0.25) is 9.74 Å². The van der Waals surface area contributed by atoms with E-state index in [1.807, 2.05) is 0 Å². The number of piperazine rings is 1. The van der Waals surface area contributed by atoms with Crippen molar-refractivity contribution in [3.05, 3.63) is 30.3 Å². The number of rotatable bonds is 3. The number of anilines is 1. The monoisotopic (exact) mass is 326 g/mol. The molecular formula is C13H14N2O4S2. The van der Waals surface area contributed by atoms with E-state index < -0.39 is 28.9 Å². The molecule has 2 amide bonds. The second-order valence-electron chi connectivity index (χ2n) is 4.89. The van der Waals surface area contributed by atoms with Crippen LogP contribution < -0.4 is 4.90 Å². The Bertz CT molecular complexity index is 599. The number of benzene rings is 1. The van der Waals surface area contributed by atoms with E-state index in [2.05, 4.69) is 0 Å². The Hall–Kier alpha value is -1.22. The predicted molar refractivity (Wildman–Crippen MR) is 81.5 cm³/mol. The van der Waals surface area contributed by atoms with Crippen LogP contribution in [-0.2, 0) is 9.59 Å². The Morgan fingerprint density at radius 3 is 2.14 bits per heavy atom. The molecule has 2 atom stereocenters. The Labute approximate surface area is 129 Å².